The van der Waals surface area contributed by atoms with Gasteiger partial charge in [-0.2, -0.15) is 0 Å². The van der Waals surface area contributed by atoms with Crippen LogP contribution in [0.2, 0.25) is 0 Å². The van der Waals surface area contributed by atoms with E-state index in [4.69, 9.17) is 0 Å². The third-order valence-corrected chi connectivity index (χ3v) is 4.44. The number of Topliss-reactive ketones (excluding diaryl/α,β-unsaturated/α-hetero) is 1. The fourth-order valence-electron chi connectivity index (χ4n) is 1.76. The number of hydrogen-bond donors (Lipinski definition) is 0. The molecule has 0 radical (unpaired) electrons. The Balaban J connectivity index is 2.32. The fourth-order valence-corrected chi connectivity index (χ4v) is 2.51. The van der Waals surface area contributed by atoms with Crippen molar-refractivity contribution < 1.29 is 13.6 Å². The van der Waals surface area contributed by atoms with Gasteiger partial charge in [0, 0.05) is 22.0 Å². The number of benzene rings is 2. The van der Waals surface area contributed by atoms with Crippen LogP contribution >= 0.6 is 31.9 Å². The lowest BCUT2D eigenvalue weighted by Gasteiger charge is -2.07. The molecule has 2 aromatic carbocycles. The van der Waals surface area contributed by atoms with E-state index in [1.54, 1.807) is 18.2 Å². The normalized spacial score (nSPS) is 10.7. The molecule has 0 unspecified atom stereocenters. The first kappa shape index (κ1) is 15.3. The molecule has 2 rings (SSSR count). The second kappa shape index (κ2) is 6.14. The lowest BCUT2D eigenvalue weighted by molar-refractivity contribution is 0.0990. The predicted octanol–water partition coefficient (Wildman–Crippen LogP) is 5.22. The minimum Gasteiger partial charge on any atom is -0.294 e. The summed E-state index contributed by atoms with van der Waals surface area (Å²) in [6.45, 7) is 1.89. The number of rotatable bonds is 3. The zero-order valence-electron chi connectivity index (χ0n) is 10.5. The second-order valence-corrected chi connectivity index (χ2v) is 6.09. The van der Waals surface area contributed by atoms with Gasteiger partial charge in [0.15, 0.2) is 5.78 Å². The van der Waals surface area contributed by atoms with Crippen molar-refractivity contribution >= 4 is 37.6 Å². The molecule has 20 heavy (non-hydrogen) atoms. The molecule has 0 fully saturated rings. The molecule has 0 heterocycles. The Morgan fingerprint density at radius 3 is 2.45 bits per heavy atom. The Bertz CT molecular complexity index is 684. The summed E-state index contributed by atoms with van der Waals surface area (Å²) in [5, 5.41) is 0. The highest BCUT2D eigenvalue weighted by molar-refractivity contribution is 9.10. The van der Waals surface area contributed by atoms with E-state index >= 15 is 0 Å². The van der Waals surface area contributed by atoms with Gasteiger partial charge in [0.25, 0.3) is 0 Å². The van der Waals surface area contributed by atoms with Gasteiger partial charge in [-0.3, -0.25) is 4.79 Å². The number of ketones is 1. The molecule has 0 N–H and O–H groups in total. The van der Waals surface area contributed by atoms with Gasteiger partial charge in [-0.15, -0.1) is 0 Å². The molecule has 0 saturated heterocycles. The molecule has 2 aromatic rings. The van der Waals surface area contributed by atoms with Crippen molar-refractivity contribution in [1.82, 2.24) is 0 Å². The van der Waals surface area contributed by atoms with Crippen molar-refractivity contribution in [1.29, 1.82) is 0 Å². The molecule has 1 nitrogen and oxygen atoms in total. The van der Waals surface area contributed by atoms with Crippen LogP contribution in [0.3, 0.4) is 0 Å². The molecule has 5 heteroatoms. The number of carbonyl (C=O) groups is 1. The first-order valence-corrected chi connectivity index (χ1v) is 7.40. The van der Waals surface area contributed by atoms with E-state index < -0.39 is 11.6 Å². The molecule has 0 atom stereocenters. The first-order chi connectivity index (χ1) is 9.40. The van der Waals surface area contributed by atoms with Crippen LogP contribution in [0.15, 0.2) is 39.3 Å². The van der Waals surface area contributed by atoms with Crippen LogP contribution in [0.4, 0.5) is 8.78 Å². The molecule has 0 aromatic heterocycles. The van der Waals surface area contributed by atoms with E-state index in [9.17, 15) is 13.6 Å². The Labute approximate surface area is 132 Å². The number of halogens is 4. The van der Waals surface area contributed by atoms with Gasteiger partial charge < -0.3 is 0 Å². The molecule has 0 amide bonds. The monoisotopic (exact) mass is 402 g/mol. The lowest BCUT2D eigenvalue weighted by Crippen LogP contribution is -2.08. The van der Waals surface area contributed by atoms with Crippen LogP contribution in [0.25, 0.3) is 0 Å². The first-order valence-electron chi connectivity index (χ1n) is 5.82. The largest absolute Gasteiger partial charge is 0.294 e. The summed E-state index contributed by atoms with van der Waals surface area (Å²) in [7, 11) is 0. The Morgan fingerprint density at radius 1 is 1.10 bits per heavy atom. The van der Waals surface area contributed by atoms with Crippen molar-refractivity contribution in [2.24, 2.45) is 0 Å². The van der Waals surface area contributed by atoms with E-state index in [1.165, 1.54) is 6.07 Å². The van der Waals surface area contributed by atoms with E-state index in [0.717, 1.165) is 16.1 Å². The Kier molecular flexibility index (Phi) is 4.70. The predicted molar refractivity (Wildman–Crippen MR) is 81.0 cm³/mol. The van der Waals surface area contributed by atoms with Crippen LogP contribution in [0.5, 0.6) is 0 Å². The van der Waals surface area contributed by atoms with Gasteiger partial charge >= 0.3 is 0 Å². The van der Waals surface area contributed by atoms with Crippen molar-refractivity contribution in [3.05, 3.63) is 67.6 Å². The van der Waals surface area contributed by atoms with Gasteiger partial charge in [0.1, 0.15) is 11.6 Å². The summed E-state index contributed by atoms with van der Waals surface area (Å²) in [5.74, 6) is -1.78. The SMILES string of the molecule is Cc1ccc(C(=O)Cc2c(F)ccc(Br)c2F)cc1Br. The average molecular weight is 404 g/mol. The number of carbonyl (C=O) groups excluding carboxylic acids is 1. The smallest absolute Gasteiger partial charge is 0.167 e. The minimum absolute atomic E-state index is 0.145. The van der Waals surface area contributed by atoms with Crippen LogP contribution in [-0.2, 0) is 6.42 Å². The van der Waals surface area contributed by atoms with Gasteiger partial charge in [-0.25, -0.2) is 8.78 Å². The van der Waals surface area contributed by atoms with Gasteiger partial charge in [-0.05, 0) is 46.6 Å². The molecular weight excluding hydrogens is 394 g/mol. The topological polar surface area (TPSA) is 17.1 Å². The summed E-state index contributed by atoms with van der Waals surface area (Å²) in [5.41, 5.74) is 1.18. The average Bonchev–Trinajstić information content (AvgIpc) is 2.42. The van der Waals surface area contributed by atoms with Gasteiger partial charge in [-0.1, -0.05) is 28.1 Å². The van der Waals surface area contributed by atoms with Crippen LogP contribution < -0.4 is 0 Å². The van der Waals surface area contributed by atoms with Crippen LogP contribution in [-0.4, -0.2) is 5.78 Å². The highest BCUT2D eigenvalue weighted by Gasteiger charge is 2.17. The van der Waals surface area contributed by atoms with E-state index in [2.05, 4.69) is 31.9 Å². The summed E-state index contributed by atoms with van der Waals surface area (Å²) in [6, 6.07) is 7.51. The molecule has 104 valence electrons. The molecule has 0 aliphatic rings. The van der Waals surface area contributed by atoms with Gasteiger partial charge in [0.05, 0.1) is 4.47 Å². The maximum Gasteiger partial charge on any atom is 0.167 e. The third-order valence-electron chi connectivity index (χ3n) is 2.97. The maximum absolute atomic E-state index is 13.8. The van der Waals surface area contributed by atoms with Crippen molar-refractivity contribution in [3.8, 4) is 0 Å². The molecular formula is C15H10Br2F2O. The van der Waals surface area contributed by atoms with E-state index in [0.29, 0.717) is 5.56 Å². The minimum atomic E-state index is -0.732. The summed E-state index contributed by atoms with van der Waals surface area (Å²) in [4.78, 5) is 12.1. The molecule has 0 saturated carbocycles. The zero-order valence-corrected chi connectivity index (χ0v) is 13.7. The van der Waals surface area contributed by atoms with E-state index in [-0.39, 0.29) is 22.2 Å². The standard InChI is InChI=1S/C15H10Br2F2O/c1-8-2-3-9(6-12(8)17)14(20)7-10-13(18)5-4-11(16)15(10)19/h2-6H,7H2,1H3. The highest BCUT2D eigenvalue weighted by Crippen LogP contribution is 2.24. The number of hydrogen-bond acceptors (Lipinski definition) is 1. The van der Waals surface area contributed by atoms with Crippen LogP contribution in [0, 0.1) is 18.6 Å². The Hall–Kier alpha value is -1.07. The zero-order chi connectivity index (χ0) is 14.9. The third kappa shape index (κ3) is 3.15. The quantitative estimate of drug-likeness (QED) is 0.507. The summed E-state index contributed by atoms with van der Waals surface area (Å²) >= 11 is 6.32. The van der Waals surface area contributed by atoms with Crippen LogP contribution in [0.1, 0.15) is 21.5 Å². The fraction of sp³-hybridized carbons (Fsp3) is 0.133. The van der Waals surface area contributed by atoms with E-state index in [1.807, 2.05) is 6.92 Å². The molecule has 0 spiro atoms. The molecule has 0 bridgehead atoms. The molecule has 0 aliphatic heterocycles. The van der Waals surface area contributed by atoms with Crippen molar-refractivity contribution in [3.63, 3.8) is 0 Å². The van der Waals surface area contributed by atoms with Crippen molar-refractivity contribution in [2.75, 3.05) is 0 Å². The molecule has 0 aliphatic carbocycles. The van der Waals surface area contributed by atoms with Crippen molar-refractivity contribution in [2.45, 2.75) is 13.3 Å². The maximum atomic E-state index is 13.8. The summed E-state index contributed by atoms with van der Waals surface area (Å²) < 4.78 is 28.4. The Morgan fingerprint density at radius 2 is 1.80 bits per heavy atom. The second-order valence-electron chi connectivity index (χ2n) is 4.39. The van der Waals surface area contributed by atoms with Gasteiger partial charge in [0.2, 0.25) is 0 Å². The number of aryl methyl sites for hydroxylation is 1. The lowest BCUT2D eigenvalue weighted by atomic mass is 10.0. The summed E-state index contributed by atoms with van der Waals surface area (Å²) in [6.07, 6.45) is -0.313. The highest BCUT2D eigenvalue weighted by atomic mass is 79.9.